The molecule has 4 nitrogen and oxygen atoms in total. The number of benzene rings is 3. The van der Waals surface area contributed by atoms with Gasteiger partial charge in [-0.25, -0.2) is 0 Å². The van der Waals surface area contributed by atoms with Gasteiger partial charge in [0.15, 0.2) is 0 Å². The van der Waals surface area contributed by atoms with Gasteiger partial charge >= 0.3 is 0 Å². The Morgan fingerprint density at radius 1 is 0.968 bits per heavy atom. The fourth-order valence-corrected chi connectivity index (χ4v) is 4.51. The van der Waals surface area contributed by atoms with E-state index in [9.17, 15) is 14.7 Å². The molecule has 1 fully saturated rings. The summed E-state index contributed by atoms with van der Waals surface area (Å²) in [6, 6.07) is 18.1. The van der Waals surface area contributed by atoms with E-state index in [0.717, 1.165) is 15.6 Å². The Bertz CT molecular complexity index is 1220. The van der Waals surface area contributed by atoms with Crippen molar-refractivity contribution >= 4 is 62.3 Å². The third-order valence-electron chi connectivity index (χ3n) is 5.17. The van der Waals surface area contributed by atoms with Crippen LogP contribution in [0.3, 0.4) is 0 Å². The van der Waals surface area contributed by atoms with Crippen molar-refractivity contribution < 1.29 is 14.7 Å². The summed E-state index contributed by atoms with van der Waals surface area (Å²) < 4.78 is 0.827. The number of carbonyl (C=O) groups is 2. The second kappa shape index (κ2) is 8.50. The van der Waals surface area contributed by atoms with Gasteiger partial charge in [0.2, 0.25) is 0 Å². The summed E-state index contributed by atoms with van der Waals surface area (Å²) in [5.41, 5.74) is 2.41. The zero-order valence-corrected chi connectivity index (χ0v) is 19.4. The van der Waals surface area contributed by atoms with Crippen LogP contribution in [0.15, 0.2) is 76.8 Å². The zero-order valence-electron chi connectivity index (χ0n) is 16.3. The van der Waals surface area contributed by atoms with Crippen LogP contribution in [-0.2, 0) is 9.59 Å². The zero-order chi connectivity index (χ0) is 22.3. The maximum atomic E-state index is 13.2. The number of aliphatic hydroxyl groups is 1. The van der Waals surface area contributed by atoms with Crippen molar-refractivity contribution in [3.63, 3.8) is 0 Å². The molecule has 1 aliphatic heterocycles. The van der Waals surface area contributed by atoms with E-state index in [4.69, 9.17) is 23.2 Å². The van der Waals surface area contributed by atoms with Crippen LogP contribution in [0.4, 0.5) is 5.69 Å². The van der Waals surface area contributed by atoms with E-state index in [1.165, 1.54) is 4.90 Å². The molecule has 7 heteroatoms. The molecule has 4 rings (SSSR count). The molecule has 1 N–H and O–H groups in total. The molecule has 0 bridgehead atoms. The number of hydrogen-bond donors (Lipinski definition) is 1. The predicted octanol–water partition coefficient (Wildman–Crippen LogP) is 6.69. The van der Waals surface area contributed by atoms with Gasteiger partial charge in [-0.3, -0.25) is 14.5 Å². The maximum Gasteiger partial charge on any atom is 0.300 e. The van der Waals surface area contributed by atoms with Crippen molar-refractivity contribution in [1.29, 1.82) is 0 Å². The normalized spacial score (nSPS) is 17.9. The number of hydrogen-bond acceptors (Lipinski definition) is 3. The van der Waals surface area contributed by atoms with Crippen molar-refractivity contribution in [1.82, 2.24) is 0 Å². The lowest BCUT2D eigenvalue weighted by molar-refractivity contribution is -0.132. The van der Waals surface area contributed by atoms with E-state index in [0.29, 0.717) is 21.3 Å². The fourth-order valence-electron chi connectivity index (χ4n) is 3.73. The largest absolute Gasteiger partial charge is 0.507 e. The molecule has 0 aromatic heterocycles. The molecule has 0 spiro atoms. The lowest BCUT2D eigenvalue weighted by Gasteiger charge is -2.27. The van der Waals surface area contributed by atoms with E-state index in [2.05, 4.69) is 15.9 Å². The minimum Gasteiger partial charge on any atom is -0.507 e. The van der Waals surface area contributed by atoms with E-state index in [-0.39, 0.29) is 11.3 Å². The Kier molecular flexibility index (Phi) is 5.93. The summed E-state index contributed by atoms with van der Waals surface area (Å²) in [6.45, 7) is 1.89. The quantitative estimate of drug-likeness (QED) is 0.239. The van der Waals surface area contributed by atoms with Crippen LogP contribution in [0.2, 0.25) is 10.0 Å². The van der Waals surface area contributed by atoms with Gasteiger partial charge in [0.1, 0.15) is 5.76 Å². The number of nitrogens with zero attached hydrogens (tertiary/aromatic N) is 1. The topological polar surface area (TPSA) is 57.6 Å². The number of rotatable bonds is 3. The first-order valence-electron chi connectivity index (χ1n) is 9.36. The number of aryl methyl sites for hydroxylation is 1. The van der Waals surface area contributed by atoms with Gasteiger partial charge in [-0.05, 0) is 48.4 Å². The second-order valence-corrected chi connectivity index (χ2v) is 8.95. The van der Waals surface area contributed by atoms with Crippen molar-refractivity contribution in [3.8, 4) is 0 Å². The van der Waals surface area contributed by atoms with Crippen LogP contribution >= 0.6 is 39.1 Å². The first kappa shape index (κ1) is 21.6. The molecule has 3 aromatic carbocycles. The third-order valence-corrected chi connectivity index (χ3v) is 6.14. The Morgan fingerprint density at radius 2 is 1.58 bits per heavy atom. The summed E-state index contributed by atoms with van der Waals surface area (Å²) in [7, 11) is 0. The maximum absolute atomic E-state index is 13.2. The smallest absolute Gasteiger partial charge is 0.300 e. The second-order valence-electron chi connectivity index (χ2n) is 7.16. The summed E-state index contributed by atoms with van der Waals surface area (Å²) in [5.74, 6) is -1.77. The summed E-state index contributed by atoms with van der Waals surface area (Å²) in [4.78, 5) is 27.7. The molecule has 0 aliphatic carbocycles. The Balaban J connectivity index is 1.99. The van der Waals surface area contributed by atoms with Gasteiger partial charge in [-0.2, -0.15) is 0 Å². The summed E-state index contributed by atoms with van der Waals surface area (Å²) in [6.07, 6.45) is 0. The van der Waals surface area contributed by atoms with Crippen molar-refractivity contribution in [2.45, 2.75) is 13.0 Å². The molecular weight excluding hydrogens is 501 g/mol. The number of amides is 1. The van der Waals surface area contributed by atoms with Gasteiger partial charge in [0.05, 0.1) is 11.6 Å². The van der Waals surface area contributed by atoms with Gasteiger partial charge < -0.3 is 5.11 Å². The van der Waals surface area contributed by atoms with Crippen LogP contribution in [0.5, 0.6) is 0 Å². The van der Waals surface area contributed by atoms with Crippen molar-refractivity contribution in [2.75, 3.05) is 4.90 Å². The molecule has 3 aromatic rings. The number of Topliss-reactive ketones (excluding diaryl/α,β-unsaturated/α-hetero) is 1. The van der Waals surface area contributed by atoms with Crippen LogP contribution in [0.25, 0.3) is 5.76 Å². The van der Waals surface area contributed by atoms with Crippen molar-refractivity contribution in [2.24, 2.45) is 0 Å². The van der Waals surface area contributed by atoms with E-state index in [1.54, 1.807) is 42.5 Å². The highest BCUT2D eigenvalue weighted by Crippen LogP contribution is 2.44. The van der Waals surface area contributed by atoms with E-state index < -0.39 is 17.7 Å². The minimum absolute atomic E-state index is 0.0118. The lowest BCUT2D eigenvalue weighted by Crippen LogP contribution is -2.29. The summed E-state index contributed by atoms with van der Waals surface area (Å²) in [5, 5.41) is 11.8. The highest BCUT2D eigenvalue weighted by atomic mass is 79.9. The van der Waals surface area contributed by atoms with E-state index in [1.807, 2.05) is 31.2 Å². The molecule has 1 heterocycles. The molecular formula is C24H16BrCl2NO3. The van der Waals surface area contributed by atoms with Gasteiger partial charge in [-0.1, -0.05) is 75.5 Å². The number of halogens is 3. The van der Waals surface area contributed by atoms with Crippen LogP contribution in [-0.4, -0.2) is 16.8 Å². The van der Waals surface area contributed by atoms with Crippen LogP contribution < -0.4 is 4.90 Å². The number of anilines is 1. The molecule has 1 saturated heterocycles. The van der Waals surface area contributed by atoms with Crippen molar-refractivity contribution in [3.05, 3.63) is 104 Å². The molecule has 1 unspecified atom stereocenters. The monoisotopic (exact) mass is 515 g/mol. The van der Waals surface area contributed by atoms with Crippen LogP contribution in [0, 0.1) is 6.92 Å². The van der Waals surface area contributed by atoms with E-state index >= 15 is 0 Å². The third kappa shape index (κ3) is 4.01. The molecule has 0 saturated carbocycles. The predicted molar refractivity (Wildman–Crippen MR) is 127 cm³/mol. The highest BCUT2D eigenvalue weighted by Gasteiger charge is 2.47. The minimum atomic E-state index is -0.834. The standard InChI is InChI=1S/C24H16BrCl2NO3/c1-13-4-2-3-5-19(13)21-20(22(29)14-6-8-15(25)9-7-14)23(30)24(31)28(21)18-11-16(26)10-17(27)12-18/h2-12,21,29H,1H3/b22-20+. The number of ketones is 1. The van der Waals surface area contributed by atoms with Gasteiger partial charge in [0, 0.05) is 25.8 Å². The molecule has 1 aliphatic rings. The Labute approximate surface area is 197 Å². The molecule has 1 amide bonds. The average Bonchev–Trinajstić information content (AvgIpc) is 2.98. The fraction of sp³-hybridized carbons (Fsp3) is 0.0833. The van der Waals surface area contributed by atoms with Gasteiger partial charge in [0.25, 0.3) is 11.7 Å². The van der Waals surface area contributed by atoms with Gasteiger partial charge in [-0.15, -0.1) is 0 Å². The average molecular weight is 517 g/mol. The Morgan fingerprint density at radius 3 is 2.19 bits per heavy atom. The molecule has 31 heavy (non-hydrogen) atoms. The Hall–Kier alpha value is -2.60. The summed E-state index contributed by atoms with van der Waals surface area (Å²) >= 11 is 15.7. The first-order valence-corrected chi connectivity index (χ1v) is 10.9. The van der Waals surface area contributed by atoms with Crippen LogP contribution in [0.1, 0.15) is 22.7 Å². The molecule has 156 valence electrons. The highest BCUT2D eigenvalue weighted by molar-refractivity contribution is 9.10. The first-order chi connectivity index (χ1) is 14.8. The lowest BCUT2D eigenvalue weighted by atomic mass is 9.92. The number of aliphatic hydroxyl groups excluding tert-OH is 1. The number of carbonyl (C=O) groups excluding carboxylic acids is 2. The molecule has 1 atom stereocenters. The SMILES string of the molecule is Cc1ccccc1C1/C(=C(\O)c2ccc(Br)cc2)C(=O)C(=O)N1c1cc(Cl)cc(Cl)c1. The molecule has 0 radical (unpaired) electrons.